The molecule has 0 heterocycles. The highest BCUT2D eigenvalue weighted by Crippen LogP contribution is 2.64. The highest BCUT2D eigenvalue weighted by Gasteiger charge is 2.58. The lowest BCUT2D eigenvalue weighted by molar-refractivity contribution is 0.0744. The summed E-state index contributed by atoms with van der Waals surface area (Å²) < 4.78 is 0. The molecule has 3 rings (SSSR count). The van der Waals surface area contributed by atoms with Gasteiger partial charge in [0.2, 0.25) is 0 Å². The third-order valence-corrected chi connectivity index (χ3v) is 4.08. The summed E-state index contributed by atoms with van der Waals surface area (Å²) in [4.78, 5) is 0. The van der Waals surface area contributed by atoms with Gasteiger partial charge in [0.1, 0.15) is 5.75 Å². The molecular weight excluding hydrogens is 196 g/mol. The van der Waals surface area contributed by atoms with Crippen molar-refractivity contribution >= 4 is 0 Å². The van der Waals surface area contributed by atoms with Crippen LogP contribution >= 0.6 is 0 Å². The van der Waals surface area contributed by atoms with E-state index in [1.807, 2.05) is 6.07 Å². The lowest BCUT2D eigenvalue weighted by atomic mass is 9.44. The summed E-state index contributed by atoms with van der Waals surface area (Å²) in [6.45, 7) is 13.6. The maximum absolute atomic E-state index is 10.0. The maximum Gasteiger partial charge on any atom is 0.119 e. The van der Waals surface area contributed by atoms with E-state index in [9.17, 15) is 5.11 Å². The first-order valence-corrected chi connectivity index (χ1v) is 5.96. The molecule has 0 radical (unpaired) electrons. The largest absolute Gasteiger partial charge is 0.508 e. The minimum absolute atomic E-state index is 0.0150. The molecule has 1 nitrogen and oxygen atoms in total. The predicted molar refractivity (Wildman–Crippen MR) is 67.8 cm³/mol. The zero-order valence-electron chi connectivity index (χ0n) is 11.2. The van der Waals surface area contributed by atoms with Crippen molar-refractivity contribution in [3.63, 3.8) is 0 Å². The van der Waals surface area contributed by atoms with Crippen molar-refractivity contribution in [1.29, 1.82) is 0 Å². The normalized spacial score (nSPS) is 18.1. The zero-order chi connectivity index (χ0) is 12.4. The van der Waals surface area contributed by atoms with Crippen LogP contribution < -0.4 is 0 Å². The second kappa shape index (κ2) is 2.82. The van der Waals surface area contributed by atoms with Gasteiger partial charge in [-0.05, 0) is 22.5 Å². The Morgan fingerprint density at radius 1 is 0.938 bits per heavy atom. The van der Waals surface area contributed by atoms with Crippen LogP contribution in [0.25, 0.3) is 0 Å². The van der Waals surface area contributed by atoms with Crippen molar-refractivity contribution in [2.45, 2.75) is 47.0 Å². The molecule has 0 aliphatic heterocycles. The van der Waals surface area contributed by atoms with E-state index in [0.717, 1.165) is 5.56 Å². The van der Waals surface area contributed by atoms with Crippen molar-refractivity contribution < 1.29 is 5.11 Å². The number of phenols is 1. The van der Waals surface area contributed by atoms with E-state index in [4.69, 9.17) is 0 Å². The Balaban J connectivity index is 2.71. The van der Waals surface area contributed by atoms with Crippen LogP contribution in [0.2, 0.25) is 0 Å². The monoisotopic (exact) mass is 218 g/mol. The molecule has 1 aromatic carbocycles. The molecule has 0 aromatic heterocycles. The van der Waals surface area contributed by atoms with Gasteiger partial charge in [-0.3, -0.25) is 0 Å². The SMILES string of the molecule is CC(C)(C)C1(C(C)(C)C)c2ccc(O)c1c2. The van der Waals surface area contributed by atoms with E-state index < -0.39 is 0 Å². The molecule has 0 unspecified atom stereocenters. The molecule has 0 saturated carbocycles. The van der Waals surface area contributed by atoms with E-state index in [2.05, 4.69) is 53.7 Å². The third-order valence-electron chi connectivity index (χ3n) is 4.08. The zero-order valence-corrected chi connectivity index (χ0v) is 11.2. The van der Waals surface area contributed by atoms with Gasteiger partial charge in [-0.15, -0.1) is 0 Å². The average molecular weight is 218 g/mol. The summed E-state index contributed by atoms with van der Waals surface area (Å²) in [5, 5.41) is 10.0. The Morgan fingerprint density at radius 3 is 1.69 bits per heavy atom. The lowest BCUT2D eigenvalue weighted by Gasteiger charge is -2.59. The smallest absolute Gasteiger partial charge is 0.119 e. The molecule has 0 saturated heterocycles. The molecule has 88 valence electrons. The first kappa shape index (κ1) is 11.5. The molecule has 1 N–H and O–H groups in total. The number of benzene rings is 1. The van der Waals surface area contributed by atoms with Gasteiger partial charge in [0.15, 0.2) is 0 Å². The molecule has 1 aromatic rings. The fraction of sp³-hybridized carbons (Fsp3) is 0.600. The van der Waals surface area contributed by atoms with Crippen molar-refractivity contribution in [2.24, 2.45) is 10.8 Å². The molecule has 2 aliphatic carbocycles. The van der Waals surface area contributed by atoms with E-state index >= 15 is 0 Å². The fourth-order valence-corrected chi connectivity index (χ4v) is 3.95. The average Bonchev–Trinajstić information content (AvgIpc) is 1.96. The second-order valence-electron chi connectivity index (χ2n) is 6.98. The van der Waals surface area contributed by atoms with Crippen LogP contribution in [0.5, 0.6) is 5.75 Å². The molecule has 0 spiro atoms. The minimum Gasteiger partial charge on any atom is -0.508 e. The molecule has 2 aliphatic rings. The second-order valence-corrected chi connectivity index (χ2v) is 6.98. The van der Waals surface area contributed by atoms with Crippen molar-refractivity contribution in [3.05, 3.63) is 29.3 Å². The minimum atomic E-state index is -0.0150. The van der Waals surface area contributed by atoms with Gasteiger partial charge in [-0.1, -0.05) is 53.7 Å². The summed E-state index contributed by atoms with van der Waals surface area (Å²) in [7, 11) is 0. The summed E-state index contributed by atoms with van der Waals surface area (Å²) in [6, 6.07) is 6.02. The molecular formula is C15H22O. The molecule has 16 heavy (non-hydrogen) atoms. The van der Waals surface area contributed by atoms with Gasteiger partial charge in [0.25, 0.3) is 0 Å². The van der Waals surface area contributed by atoms with Crippen LogP contribution in [0.3, 0.4) is 0 Å². The number of rotatable bonds is 0. The van der Waals surface area contributed by atoms with E-state index in [1.54, 1.807) is 0 Å². The van der Waals surface area contributed by atoms with Gasteiger partial charge in [0, 0.05) is 11.0 Å². The molecule has 1 heteroatoms. The van der Waals surface area contributed by atoms with Gasteiger partial charge in [-0.25, -0.2) is 0 Å². The van der Waals surface area contributed by atoms with Crippen LogP contribution in [-0.4, -0.2) is 5.11 Å². The lowest BCUT2D eigenvalue weighted by Crippen LogP contribution is -2.55. The number of fused-ring (bicyclic) bond motifs is 2. The predicted octanol–water partition coefficient (Wildman–Crippen LogP) is 4.08. The Morgan fingerprint density at radius 2 is 1.44 bits per heavy atom. The van der Waals surface area contributed by atoms with Crippen molar-refractivity contribution in [1.82, 2.24) is 0 Å². The summed E-state index contributed by atoms with van der Waals surface area (Å²) in [6.07, 6.45) is 0. The third kappa shape index (κ3) is 1.07. The molecule has 0 amide bonds. The van der Waals surface area contributed by atoms with E-state index in [0.29, 0.717) is 5.75 Å². The topological polar surface area (TPSA) is 20.2 Å². The number of phenolic OH excluding ortho intramolecular Hbond substituents is 1. The number of aromatic hydroxyl groups is 1. The standard InChI is InChI=1S/C15H22O/c1-13(2,3)15(14(4,5)6)10-7-8-12(16)11(15)9-10/h7-9,16H,1-6H3. The number of hydrogen-bond donors (Lipinski definition) is 1. The quantitative estimate of drug-likeness (QED) is 0.695. The molecule has 2 bridgehead atoms. The van der Waals surface area contributed by atoms with Crippen molar-refractivity contribution in [3.8, 4) is 5.75 Å². The van der Waals surface area contributed by atoms with E-state index in [-0.39, 0.29) is 16.2 Å². The fourth-order valence-electron chi connectivity index (χ4n) is 3.95. The van der Waals surface area contributed by atoms with Crippen LogP contribution in [0.15, 0.2) is 18.2 Å². The van der Waals surface area contributed by atoms with Crippen molar-refractivity contribution in [2.75, 3.05) is 0 Å². The summed E-state index contributed by atoms with van der Waals surface area (Å²) in [5.74, 6) is 0.444. The Hall–Kier alpha value is -0.980. The number of hydrogen-bond acceptors (Lipinski definition) is 1. The van der Waals surface area contributed by atoms with Gasteiger partial charge >= 0.3 is 0 Å². The van der Waals surface area contributed by atoms with Crippen LogP contribution in [0.1, 0.15) is 52.7 Å². The van der Waals surface area contributed by atoms with E-state index in [1.165, 1.54) is 5.56 Å². The van der Waals surface area contributed by atoms with Crippen LogP contribution in [-0.2, 0) is 5.41 Å². The Labute approximate surface area is 98.5 Å². The molecule has 0 fully saturated rings. The van der Waals surface area contributed by atoms with Gasteiger partial charge < -0.3 is 5.11 Å². The highest BCUT2D eigenvalue weighted by molar-refractivity contribution is 5.60. The maximum atomic E-state index is 10.0. The summed E-state index contributed by atoms with van der Waals surface area (Å²) in [5.41, 5.74) is 2.69. The highest BCUT2D eigenvalue weighted by atomic mass is 16.3. The Bertz CT molecular complexity index is 412. The van der Waals surface area contributed by atoms with Gasteiger partial charge in [-0.2, -0.15) is 0 Å². The van der Waals surface area contributed by atoms with Gasteiger partial charge in [0.05, 0.1) is 0 Å². The van der Waals surface area contributed by atoms with Crippen LogP contribution in [0, 0.1) is 10.8 Å². The first-order chi connectivity index (χ1) is 7.12. The summed E-state index contributed by atoms with van der Waals surface area (Å²) >= 11 is 0. The first-order valence-electron chi connectivity index (χ1n) is 5.96. The molecule has 0 atom stereocenters. The van der Waals surface area contributed by atoms with Crippen LogP contribution in [0.4, 0.5) is 0 Å². The Kier molecular flexibility index (Phi) is 2.03.